The second-order valence-corrected chi connectivity index (χ2v) is 7.01. The standard InChI is InChI=1S/C21H24N4O/c1-21(2,20(22)26)17-13-11-16(12-14-17)19-23-18(24-25-19)10-6-9-15-7-4-3-5-8-15/h3-5,7-8,11-14H,6,9-10H2,1-2H3,(H2,22,26)(H,23,24,25). The van der Waals surface area contributed by atoms with Gasteiger partial charge >= 0.3 is 0 Å². The van der Waals surface area contributed by atoms with E-state index >= 15 is 0 Å². The van der Waals surface area contributed by atoms with Crippen LogP contribution in [0.1, 0.15) is 37.2 Å². The van der Waals surface area contributed by atoms with E-state index in [9.17, 15) is 4.79 Å². The number of nitrogens with zero attached hydrogens (tertiary/aromatic N) is 2. The normalized spacial score (nSPS) is 11.5. The van der Waals surface area contributed by atoms with Gasteiger partial charge < -0.3 is 5.73 Å². The van der Waals surface area contributed by atoms with Crippen molar-refractivity contribution >= 4 is 5.91 Å². The average Bonchev–Trinajstić information content (AvgIpc) is 3.11. The first kappa shape index (κ1) is 17.9. The average molecular weight is 348 g/mol. The van der Waals surface area contributed by atoms with E-state index < -0.39 is 5.41 Å². The highest BCUT2D eigenvalue weighted by atomic mass is 16.1. The van der Waals surface area contributed by atoms with Crippen molar-refractivity contribution in [3.05, 3.63) is 71.5 Å². The lowest BCUT2D eigenvalue weighted by atomic mass is 9.83. The number of hydrogen-bond acceptors (Lipinski definition) is 3. The molecule has 3 rings (SSSR count). The van der Waals surface area contributed by atoms with E-state index in [1.165, 1.54) is 5.56 Å². The second-order valence-electron chi connectivity index (χ2n) is 7.01. The molecule has 0 radical (unpaired) electrons. The van der Waals surface area contributed by atoms with E-state index in [0.717, 1.165) is 36.2 Å². The summed E-state index contributed by atoms with van der Waals surface area (Å²) in [4.78, 5) is 16.2. The molecular weight excluding hydrogens is 324 g/mol. The van der Waals surface area contributed by atoms with Gasteiger partial charge in [0.15, 0.2) is 5.82 Å². The molecule has 5 heteroatoms. The molecule has 0 saturated carbocycles. The smallest absolute Gasteiger partial charge is 0.227 e. The number of aryl methyl sites for hydroxylation is 2. The predicted molar refractivity (Wildman–Crippen MR) is 103 cm³/mol. The number of rotatable bonds is 7. The maximum atomic E-state index is 11.6. The Labute approximate surface area is 153 Å². The van der Waals surface area contributed by atoms with Crippen molar-refractivity contribution in [2.45, 2.75) is 38.5 Å². The van der Waals surface area contributed by atoms with Crippen LogP contribution < -0.4 is 5.73 Å². The number of hydrogen-bond donors (Lipinski definition) is 2. The lowest BCUT2D eigenvalue weighted by molar-refractivity contribution is -0.122. The minimum absolute atomic E-state index is 0.344. The van der Waals surface area contributed by atoms with Gasteiger partial charge in [-0.3, -0.25) is 9.89 Å². The van der Waals surface area contributed by atoms with Crippen molar-refractivity contribution in [1.82, 2.24) is 15.2 Å². The molecule has 3 N–H and O–H groups in total. The Morgan fingerprint density at radius 3 is 2.38 bits per heavy atom. The molecule has 5 nitrogen and oxygen atoms in total. The van der Waals surface area contributed by atoms with Gasteiger partial charge in [0.25, 0.3) is 0 Å². The van der Waals surface area contributed by atoms with Gasteiger partial charge in [0, 0.05) is 12.0 Å². The summed E-state index contributed by atoms with van der Waals surface area (Å²) in [7, 11) is 0. The van der Waals surface area contributed by atoms with Crippen LogP contribution >= 0.6 is 0 Å². The zero-order chi connectivity index (χ0) is 18.6. The van der Waals surface area contributed by atoms with E-state index in [0.29, 0.717) is 5.82 Å². The Hall–Kier alpha value is -2.95. The van der Waals surface area contributed by atoms with Gasteiger partial charge in [-0.25, -0.2) is 4.98 Å². The first-order valence-electron chi connectivity index (χ1n) is 8.83. The van der Waals surface area contributed by atoms with E-state index in [1.807, 2.05) is 44.2 Å². The molecule has 0 atom stereocenters. The Bertz CT molecular complexity index is 867. The number of primary amides is 1. The predicted octanol–water partition coefficient (Wildman–Crippen LogP) is 3.41. The minimum atomic E-state index is -0.694. The molecule has 0 saturated heterocycles. The summed E-state index contributed by atoms with van der Waals surface area (Å²) in [5.74, 6) is 1.21. The largest absolute Gasteiger partial charge is 0.369 e. The molecule has 26 heavy (non-hydrogen) atoms. The van der Waals surface area contributed by atoms with Crippen molar-refractivity contribution in [1.29, 1.82) is 0 Å². The van der Waals surface area contributed by atoms with E-state index in [2.05, 4.69) is 39.4 Å². The maximum Gasteiger partial charge on any atom is 0.227 e. The van der Waals surface area contributed by atoms with Crippen molar-refractivity contribution in [3.8, 4) is 11.4 Å². The summed E-state index contributed by atoms with van der Waals surface area (Å²) >= 11 is 0. The lowest BCUT2D eigenvalue weighted by Gasteiger charge is -2.20. The molecule has 0 spiro atoms. The third-order valence-corrected chi connectivity index (χ3v) is 4.73. The quantitative estimate of drug-likeness (QED) is 0.686. The van der Waals surface area contributed by atoms with Gasteiger partial charge in [-0.1, -0.05) is 54.6 Å². The zero-order valence-corrected chi connectivity index (χ0v) is 15.2. The highest BCUT2D eigenvalue weighted by Crippen LogP contribution is 2.25. The molecule has 1 heterocycles. The Morgan fingerprint density at radius 2 is 1.73 bits per heavy atom. The van der Waals surface area contributed by atoms with Crippen LogP contribution in [0, 0.1) is 0 Å². The molecule has 0 fully saturated rings. The summed E-state index contributed by atoms with van der Waals surface area (Å²) < 4.78 is 0. The number of aromatic nitrogens is 3. The van der Waals surface area contributed by atoms with Crippen molar-refractivity contribution in [2.75, 3.05) is 0 Å². The number of benzene rings is 2. The number of carbonyl (C=O) groups is 1. The van der Waals surface area contributed by atoms with Crippen molar-refractivity contribution in [2.24, 2.45) is 5.73 Å². The molecular formula is C21H24N4O. The number of aromatic amines is 1. The Balaban J connectivity index is 1.63. The van der Waals surface area contributed by atoms with Gasteiger partial charge in [-0.05, 0) is 37.8 Å². The van der Waals surface area contributed by atoms with Gasteiger partial charge in [-0.15, -0.1) is 0 Å². The number of H-pyrrole nitrogens is 1. The highest BCUT2D eigenvalue weighted by molar-refractivity contribution is 5.85. The maximum absolute atomic E-state index is 11.6. The van der Waals surface area contributed by atoms with Crippen LogP contribution in [0.25, 0.3) is 11.4 Å². The fraction of sp³-hybridized carbons (Fsp3) is 0.286. The summed E-state index contributed by atoms with van der Waals surface area (Å²) in [6.45, 7) is 3.64. The number of carbonyl (C=O) groups excluding carboxylic acids is 1. The van der Waals surface area contributed by atoms with Gasteiger partial charge in [-0.2, -0.15) is 5.10 Å². The molecule has 0 aliphatic rings. The first-order valence-corrected chi connectivity index (χ1v) is 8.83. The molecule has 134 valence electrons. The van der Waals surface area contributed by atoms with Crippen LogP contribution in [-0.4, -0.2) is 21.1 Å². The third kappa shape index (κ3) is 3.99. The summed E-state index contributed by atoms with van der Waals surface area (Å²) in [5.41, 5.74) is 7.91. The SMILES string of the molecule is CC(C)(C(N)=O)c1ccc(-c2n[nH]c(CCCc3ccccc3)n2)cc1. The molecule has 0 aliphatic heterocycles. The van der Waals surface area contributed by atoms with Crippen molar-refractivity contribution in [3.63, 3.8) is 0 Å². The number of nitrogens with one attached hydrogen (secondary N) is 1. The minimum Gasteiger partial charge on any atom is -0.369 e. The van der Waals surface area contributed by atoms with E-state index in [1.54, 1.807) is 0 Å². The lowest BCUT2D eigenvalue weighted by Crippen LogP contribution is -2.35. The molecule has 0 aliphatic carbocycles. The van der Waals surface area contributed by atoms with Crippen molar-refractivity contribution < 1.29 is 4.79 Å². The van der Waals surface area contributed by atoms with Crippen LogP contribution in [0.5, 0.6) is 0 Å². The van der Waals surface area contributed by atoms with Gasteiger partial charge in [0.2, 0.25) is 5.91 Å². The molecule has 0 bridgehead atoms. The van der Waals surface area contributed by atoms with E-state index in [4.69, 9.17) is 5.73 Å². The zero-order valence-electron chi connectivity index (χ0n) is 15.2. The fourth-order valence-corrected chi connectivity index (χ4v) is 2.82. The van der Waals surface area contributed by atoms with Crippen LogP contribution in [0.2, 0.25) is 0 Å². The summed E-state index contributed by atoms with van der Waals surface area (Å²) in [6.07, 6.45) is 2.90. The molecule has 3 aromatic rings. The highest BCUT2D eigenvalue weighted by Gasteiger charge is 2.27. The second kappa shape index (κ2) is 7.52. The Morgan fingerprint density at radius 1 is 1.04 bits per heavy atom. The summed E-state index contributed by atoms with van der Waals surface area (Å²) in [6, 6.07) is 18.1. The molecule has 2 aromatic carbocycles. The Kier molecular flexibility index (Phi) is 5.16. The molecule has 0 unspecified atom stereocenters. The van der Waals surface area contributed by atoms with Crippen LogP contribution in [0.3, 0.4) is 0 Å². The topological polar surface area (TPSA) is 84.7 Å². The van der Waals surface area contributed by atoms with Gasteiger partial charge in [0.05, 0.1) is 5.41 Å². The van der Waals surface area contributed by atoms with E-state index in [-0.39, 0.29) is 5.91 Å². The molecule has 1 amide bonds. The fourth-order valence-electron chi connectivity index (χ4n) is 2.82. The third-order valence-electron chi connectivity index (χ3n) is 4.73. The molecule has 1 aromatic heterocycles. The first-order chi connectivity index (χ1) is 12.5. The van der Waals surface area contributed by atoms with Crippen LogP contribution in [-0.2, 0) is 23.1 Å². The monoisotopic (exact) mass is 348 g/mol. The number of amides is 1. The number of nitrogens with two attached hydrogens (primary N) is 1. The summed E-state index contributed by atoms with van der Waals surface area (Å²) in [5, 5.41) is 7.33. The van der Waals surface area contributed by atoms with Gasteiger partial charge in [0.1, 0.15) is 5.82 Å². The van der Waals surface area contributed by atoms with Crippen LogP contribution in [0.15, 0.2) is 54.6 Å². The van der Waals surface area contributed by atoms with Crippen LogP contribution in [0.4, 0.5) is 0 Å².